The molecule has 2 amide bonds. The first-order valence-electron chi connectivity index (χ1n) is 9.08. The lowest BCUT2D eigenvalue weighted by atomic mass is 10.2. The number of carbonyl (C=O) groups excluding carboxylic acids is 1. The highest BCUT2D eigenvalue weighted by Gasteiger charge is 2.13. The van der Waals surface area contributed by atoms with Crippen LogP contribution >= 0.6 is 11.3 Å². The number of fused-ring (bicyclic) bond motifs is 1. The number of aryl methyl sites for hydroxylation is 1. The molecule has 0 aliphatic heterocycles. The molecule has 0 radical (unpaired) electrons. The number of benzene rings is 2. The van der Waals surface area contributed by atoms with Crippen LogP contribution in [0.15, 0.2) is 54.6 Å². The van der Waals surface area contributed by atoms with Crippen LogP contribution in [0.2, 0.25) is 0 Å². The van der Waals surface area contributed by atoms with E-state index in [1.165, 1.54) is 0 Å². The van der Waals surface area contributed by atoms with Gasteiger partial charge in [-0.3, -0.25) is 0 Å². The molecule has 2 aromatic heterocycles. The Labute approximate surface area is 167 Å². The van der Waals surface area contributed by atoms with E-state index in [-0.39, 0.29) is 6.03 Å². The minimum Gasteiger partial charge on any atom is -0.334 e. The van der Waals surface area contributed by atoms with Gasteiger partial charge in [-0.15, -0.1) is 11.3 Å². The lowest BCUT2D eigenvalue weighted by Gasteiger charge is -2.08. The van der Waals surface area contributed by atoms with Crippen molar-refractivity contribution in [1.29, 1.82) is 0 Å². The maximum Gasteiger partial charge on any atom is 0.315 e. The molecule has 4 rings (SSSR count). The zero-order chi connectivity index (χ0) is 19.5. The molecule has 4 aromatic rings. The lowest BCUT2D eigenvalue weighted by Crippen LogP contribution is -2.34. The van der Waals surface area contributed by atoms with E-state index in [0.717, 1.165) is 37.9 Å². The molecule has 142 valence electrons. The van der Waals surface area contributed by atoms with Crippen molar-refractivity contribution in [1.82, 2.24) is 25.4 Å². The van der Waals surface area contributed by atoms with Crippen molar-refractivity contribution in [2.75, 3.05) is 0 Å². The number of nitrogens with one attached hydrogen (secondary N) is 2. The second-order valence-corrected chi connectivity index (χ2v) is 7.62. The number of hydrogen-bond donors (Lipinski definition) is 2. The Kier molecular flexibility index (Phi) is 5.08. The van der Waals surface area contributed by atoms with Gasteiger partial charge < -0.3 is 10.6 Å². The van der Waals surface area contributed by atoms with Crippen LogP contribution in [0, 0.1) is 13.8 Å². The normalized spacial score (nSPS) is 10.9. The number of thiazole rings is 1. The molecule has 0 atom stereocenters. The van der Waals surface area contributed by atoms with Crippen LogP contribution in [-0.2, 0) is 13.1 Å². The highest BCUT2D eigenvalue weighted by molar-refractivity contribution is 7.18. The number of aromatic nitrogens is 3. The summed E-state index contributed by atoms with van der Waals surface area (Å²) in [5.74, 6) is 0. The maximum absolute atomic E-state index is 12.2. The number of nitrogens with zero attached hydrogens (tertiary/aromatic N) is 3. The Morgan fingerprint density at radius 2 is 1.71 bits per heavy atom. The fourth-order valence-electron chi connectivity index (χ4n) is 3.13. The fraction of sp³-hybridized carbons (Fsp3) is 0.190. The Bertz CT molecular complexity index is 1080. The average molecular weight is 392 g/mol. The molecular weight excluding hydrogens is 370 g/mol. The first-order valence-corrected chi connectivity index (χ1v) is 9.90. The molecule has 7 heteroatoms. The molecule has 2 N–H and O–H groups in total. The van der Waals surface area contributed by atoms with Crippen molar-refractivity contribution in [2.45, 2.75) is 26.9 Å². The van der Waals surface area contributed by atoms with Gasteiger partial charge in [-0.2, -0.15) is 5.10 Å². The second kappa shape index (κ2) is 7.82. The van der Waals surface area contributed by atoms with Gasteiger partial charge in [0.05, 0.1) is 28.1 Å². The summed E-state index contributed by atoms with van der Waals surface area (Å²) in [7, 11) is 0. The van der Waals surface area contributed by atoms with Crippen molar-refractivity contribution >= 4 is 27.6 Å². The van der Waals surface area contributed by atoms with Crippen molar-refractivity contribution in [2.24, 2.45) is 0 Å². The molecule has 0 aliphatic rings. The van der Waals surface area contributed by atoms with Crippen LogP contribution in [0.5, 0.6) is 0 Å². The van der Waals surface area contributed by atoms with E-state index in [1.54, 1.807) is 11.3 Å². The largest absolute Gasteiger partial charge is 0.334 e. The molecule has 2 aromatic carbocycles. The predicted octanol–water partition coefficient (Wildman–Crippen LogP) is 4.10. The third-order valence-corrected chi connectivity index (χ3v) is 5.64. The minimum absolute atomic E-state index is 0.217. The molecule has 0 aliphatic carbocycles. The van der Waals surface area contributed by atoms with Crippen LogP contribution in [0.1, 0.15) is 22.0 Å². The zero-order valence-corrected chi connectivity index (χ0v) is 16.6. The van der Waals surface area contributed by atoms with Crippen LogP contribution in [-0.4, -0.2) is 20.8 Å². The third kappa shape index (κ3) is 3.75. The monoisotopic (exact) mass is 391 g/mol. The SMILES string of the molecule is Cc1nn(-c2ccccc2)c(C)c1CNC(=O)NCc1nc2ccccc2s1. The maximum atomic E-state index is 12.2. The van der Waals surface area contributed by atoms with Gasteiger partial charge in [0.2, 0.25) is 0 Å². The lowest BCUT2D eigenvalue weighted by molar-refractivity contribution is 0.240. The predicted molar refractivity (Wildman–Crippen MR) is 112 cm³/mol. The molecule has 0 saturated carbocycles. The highest BCUT2D eigenvalue weighted by Crippen LogP contribution is 2.21. The summed E-state index contributed by atoms with van der Waals surface area (Å²) in [5, 5.41) is 11.3. The van der Waals surface area contributed by atoms with E-state index in [2.05, 4.69) is 20.7 Å². The van der Waals surface area contributed by atoms with Gasteiger partial charge >= 0.3 is 6.03 Å². The smallest absolute Gasteiger partial charge is 0.315 e. The Morgan fingerprint density at radius 1 is 1.00 bits per heavy atom. The van der Waals surface area contributed by atoms with Crippen LogP contribution < -0.4 is 10.6 Å². The number of para-hydroxylation sites is 2. The summed E-state index contributed by atoms with van der Waals surface area (Å²) in [5.41, 5.74) is 4.93. The molecule has 0 saturated heterocycles. The first-order chi connectivity index (χ1) is 13.6. The number of carbonyl (C=O) groups is 1. The minimum atomic E-state index is -0.217. The van der Waals surface area contributed by atoms with Gasteiger partial charge in [0.15, 0.2) is 0 Å². The Balaban J connectivity index is 1.37. The quantitative estimate of drug-likeness (QED) is 0.538. The number of hydrogen-bond acceptors (Lipinski definition) is 4. The fourth-order valence-corrected chi connectivity index (χ4v) is 4.04. The molecule has 2 heterocycles. The van der Waals surface area contributed by atoms with E-state index in [4.69, 9.17) is 0 Å². The van der Waals surface area contributed by atoms with E-state index in [0.29, 0.717) is 13.1 Å². The Morgan fingerprint density at radius 3 is 2.50 bits per heavy atom. The van der Waals surface area contributed by atoms with Gasteiger partial charge in [-0.05, 0) is 38.1 Å². The molecule has 6 nitrogen and oxygen atoms in total. The molecule has 28 heavy (non-hydrogen) atoms. The van der Waals surface area contributed by atoms with Gasteiger partial charge in [0.25, 0.3) is 0 Å². The first kappa shape index (κ1) is 18.2. The second-order valence-electron chi connectivity index (χ2n) is 6.51. The number of urea groups is 1. The van der Waals surface area contributed by atoms with Gasteiger partial charge in [0.1, 0.15) is 5.01 Å². The molecular formula is C21H21N5OS. The van der Waals surface area contributed by atoms with Gasteiger partial charge in [0, 0.05) is 17.8 Å². The zero-order valence-electron chi connectivity index (χ0n) is 15.8. The van der Waals surface area contributed by atoms with E-state index in [9.17, 15) is 4.79 Å². The van der Waals surface area contributed by atoms with E-state index in [1.807, 2.05) is 73.1 Å². The standard InChI is InChI=1S/C21H21N5OS/c1-14-17(15(2)26(25-14)16-8-4-3-5-9-16)12-22-21(27)23-13-20-24-18-10-6-7-11-19(18)28-20/h3-11H,12-13H2,1-2H3,(H2,22,23,27). The topological polar surface area (TPSA) is 71.8 Å². The van der Waals surface area contributed by atoms with Crippen molar-refractivity contribution in [3.63, 3.8) is 0 Å². The molecule has 0 unspecified atom stereocenters. The van der Waals surface area contributed by atoms with Crippen LogP contribution in [0.25, 0.3) is 15.9 Å². The summed E-state index contributed by atoms with van der Waals surface area (Å²) in [6.45, 7) is 4.81. The summed E-state index contributed by atoms with van der Waals surface area (Å²) < 4.78 is 3.03. The highest BCUT2D eigenvalue weighted by atomic mass is 32.1. The van der Waals surface area contributed by atoms with E-state index >= 15 is 0 Å². The number of amides is 2. The molecule has 0 fully saturated rings. The van der Waals surface area contributed by atoms with Crippen molar-refractivity contribution in [3.8, 4) is 5.69 Å². The summed E-state index contributed by atoms with van der Waals surface area (Å²) in [4.78, 5) is 16.8. The Hall–Kier alpha value is -3.19. The third-order valence-electron chi connectivity index (χ3n) is 4.61. The molecule has 0 spiro atoms. The van der Waals surface area contributed by atoms with E-state index < -0.39 is 0 Å². The van der Waals surface area contributed by atoms with Crippen LogP contribution in [0.3, 0.4) is 0 Å². The summed E-state index contributed by atoms with van der Waals surface area (Å²) in [6.07, 6.45) is 0. The van der Waals surface area contributed by atoms with Crippen molar-refractivity contribution < 1.29 is 4.79 Å². The molecule has 0 bridgehead atoms. The van der Waals surface area contributed by atoms with Crippen LogP contribution in [0.4, 0.5) is 4.79 Å². The average Bonchev–Trinajstić information content (AvgIpc) is 3.26. The van der Waals surface area contributed by atoms with Gasteiger partial charge in [-0.1, -0.05) is 30.3 Å². The van der Waals surface area contributed by atoms with Gasteiger partial charge in [-0.25, -0.2) is 14.5 Å². The number of rotatable bonds is 5. The summed E-state index contributed by atoms with van der Waals surface area (Å²) in [6, 6.07) is 17.7. The summed E-state index contributed by atoms with van der Waals surface area (Å²) >= 11 is 1.59. The van der Waals surface area contributed by atoms with Crippen molar-refractivity contribution in [3.05, 3.63) is 76.6 Å².